The van der Waals surface area contributed by atoms with Crippen molar-refractivity contribution in [2.75, 3.05) is 31.1 Å². The van der Waals surface area contributed by atoms with Crippen LogP contribution in [0.2, 0.25) is 5.02 Å². The highest BCUT2D eigenvalue weighted by atomic mass is 35.5. The molecule has 0 radical (unpaired) electrons. The van der Waals surface area contributed by atoms with Crippen LogP contribution in [-0.2, 0) is 4.74 Å². The Kier molecular flexibility index (Phi) is 3.90. The predicted octanol–water partition coefficient (Wildman–Crippen LogP) is 3.63. The fourth-order valence-electron chi connectivity index (χ4n) is 3.11. The van der Waals surface area contributed by atoms with Crippen molar-refractivity contribution in [2.24, 2.45) is 0 Å². The van der Waals surface area contributed by atoms with Gasteiger partial charge in [-0.15, -0.1) is 0 Å². The summed E-state index contributed by atoms with van der Waals surface area (Å²) in [6, 6.07) is 15.4. The molecule has 1 saturated heterocycles. The Balaban J connectivity index is 1.45. The number of rotatable bonds is 2. The van der Waals surface area contributed by atoms with Gasteiger partial charge in [0.05, 0.1) is 5.56 Å². The summed E-state index contributed by atoms with van der Waals surface area (Å²) in [6.45, 7) is 3.60. The van der Waals surface area contributed by atoms with Gasteiger partial charge in [0.25, 0.3) is 0 Å². The van der Waals surface area contributed by atoms with Gasteiger partial charge in [0.1, 0.15) is 0 Å². The lowest BCUT2D eigenvalue weighted by atomic mass is 10.1. The van der Waals surface area contributed by atoms with E-state index in [9.17, 15) is 4.79 Å². The highest BCUT2D eigenvalue weighted by molar-refractivity contribution is 6.30. The minimum atomic E-state index is -0.267. The summed E-state index contributed by atoms with van der Waals surface area (Å²) >= 11 is 5.95. The minimum absolute atomic E-state index is 0.267. The Hall–Kier alpha value is -2.46. The average molecular weight is 341 g/mol. The second-order valence-corrected chi connectivity index (χ2v) is 6.36. The van der Waals surface area contributed by atoms with Crippen LogP contribution in [0, 0.1) is 0 Å². The molecule has 0 N–H and O–H groups in total. The van der Waals surface area contributed by atoms with Crippen LogP contribution >= 0.6 is 11.6 Å². The Morgan fingerprint density at radius 1 is 0.917 bits per heavy atom. The summed E-state index contributed by atoms with van der Waals surface area (Å²) in [6.07, 6.45) is 1.96. The Bertz CT molecular complexity index is 793. The molecule has 2 aliphatic rings. The zero-order chi connectivity index (χ0) is 16.5. The number of benzene rings is 2. The van der Waals surface area contributed by atoms with Crippen LogP contribution < -0.4 is 4.90 Å². The van der Waals surface area contributed by atoms with Crippen molar-refractivity contribution in [1.82, 2.24) is 4.90 Å². The largest absolute Gasteiger partial charge is 0.421 e. The second kappa shape index (κ2) is 6.21. The maximum atomic E-state index is 11.9. The lowest BCUT2D eigenvalue weighted by molar-refractivity contribution is 0.0713. The molecule has 0 aromatic heterocycles. The molecular weight excluding hydrogens is 324 g/mol. The van der Waals surface area contributed by atoms with Gasteiger partial charge in [-0.2, -0.15) is 0 Å². The van der Waals surface area contributed by atoms with E-state index in [-0.39, 0.29) is 5.97 Å². The molecule has 1 fully saturated rings. The maximum Gasteiger partial charge on any atom is 0.344 e. The third-order valence-corrected chi connectivity index (χ3v) is 4.67. The molecule has 2 heterocycles. The molecule has 0 atom stereocenters. The fourth-order valence-corrected chi connectivity index (χ4v) is 3.23. The number of piperazine rings is 1. The average Bonchev–Trinajstić information content (AvgIpc) is 2.93. The van der Waals surface area contributed by atoms with Crippen molar-refractivity contribution < 1.29 is 9.53 Å². The van der Waals surface area contributed by atoms with Gasteiger partial charge in [0, 0.05) is 48.7 Å². The standard InChI is InChI=1S/C19H17ClN2O2/c20-14-5-7-15(8-6-14)22-11-9-21(10-12-22)13-18-16-3-1-2-4-17(16)19(23)24-18/h1-8,13H,9-12H2. The van der Waals surface area contributed by atoms with Crippen molar-refractivity contribution in [3.63, 3.8) is 0 Å². The van der Waals surface area contributed by atoms with Crippen LogP contribution in [0.5, 0.6) is 0 Å². The number of ether oxygens (including phenoxy) is 1. The fraction of sp³-hybridized carbons (Fsp3) is 0.211. The number of nitrogens with zero attached hydrogens (tertiary/aromatic N) is 2. The van der Waals surface area contributed by atoms with E-state index in [4.69, 9.17) is 16.3 Å². The Labute approximate surface area is 145 Å². The number of cyclic esters (lactones) is 1. The predicted molar refractivity (Wildman–Crippen MR) is 95.1 cm³/mol. The third kappa shape index (κ3) is 2.85. The molecular formula is C19H17ClN2O2. The minimum Gasteiger partial charge on any atom is -0.421 e. The second-order valence-electron chi connectivity index (χ2n) is 5.93. The summed E-state index contributed by atoms with van der Waals surface area (Å²) in [7, 11) is 0. The van der Waals surface area contributed by atoms with E-state index < -0.39 is 0 Å². The topological polar surface area (TPSA) is 32.8 Å². The van der Waals surface area contributed by atoms with Crippen LogP contribution in [0.4, 0.5) is 5.69 Å². The summed E-state index contributed by atoms with van der Waals surface area (Å²) < 4.78 is 5.41. The van der Waals surface area contributed by atoms with Crippen molar-refractivity contribution in [3.8, 4) is 0 Å². The van der Waals surface area contributed by atoms with Crippen molar-refractivity contribution in [2.45, 2.75) is 0 Å². The van der Waals surface area contributed by atoms with E-state index in [2.05, 4.69) is 9.80 Å². The van der Waals surface area contributed by atoms with E-state index in [0.29, 0.717) is 11.3 Å². The summed E-state index contributed by atoms with van der Waals surface area (Å²) in [5.41, 5.74) is 2.70. The molecule has 0 spiro atoms. The SMILES string of the molecule is O=C1OC(=CN2CCN(c3ccc(Cl)cc3)CC2)c2ccccc21. The molecule has 4 nitrogen and oxygen atoms in total. The smallest absolute Gasteiger partial charge is 0.344 e. The summed E-state index contributed by atoms with van der Waals surface area (Å²) in [5, 5.41) is 0.754. The number of hydrogen-bond acceptors (Lipinski definition) is 4. The van der Waals surface area contributed by atoms with E-state index in [1.54, 1.807) is 6.07 Å². The van der Waals surface area contributed by atoms with Gasteiger partial charge in [-0.1, -0.05) is 29.8 Å². The molecule has 0 bridgehead atoms. The third-order valence-electron chi connectivity index (χ3n) is 4.42. The van der Waals surface area contributed by atoms with E-state index >= 15 is 0 Å². The van der Waals surface area contributed by atoms with E-state index in [1.807, 2.05) is 48.7 Å². The van der Waals surface area contributed by atoms with Gasteiger partial charge < -0.3 is 14.5 Å². The number of carbonyl (C=O) groups is 1. The molecule has 5 heteroatoms. The Morgan fingerprint density at radius 3 is 2.29 bits per heavy atom. The summed E-state index contributed by atoms with van der Waals surface area (Å²) in [4.78, 5) is 16.4. The normalized spacial score (nSPS) is 18.7. The van der Waals surface area contributed by atoms with Gasteiger partial charge >= 0.3 is 5.97 Å². The van der Waals surface area contributed by atoms with Crippen LogP contribution in [-0.4, -0.2) is 37.0 Å². The highest BCUT2D eigenvalue weighted by Crippen LogP contribution is 2.30. The van der Waals surface area contributed by atoms with E-state index in [1.165, 1.54) is 5.69 Å². The number of hydrogen-bond donors (Lipinski definition) is 0. The molecule has 2 aliphatic heterocycles. The van der Waals surface area contributed by atoms with Gasteiger partial charge in [0.15, 0.2) is 5.76 Å². The maximum absolute atomic E-state index is 11.9. The van der Waals surface area contributed by atoms with Crippen LogP contribution in [0.15, 0.2) is 54.7 Å². The molecule has 0 aliphatic carbocycles. The molecule has 24 heavy (non-hydrogen) atoms. The quantitative estimate of drug-likeness (QED) is 0.782. The zero-order valence-corrected chi connectivity index (χ0v) is 13.9. The number of carbonyl (C=O) groups excluding carboxylic acids is 1. The zero-order valence-electron chi connectivity index (χ0n) is 13.1. The van der Waals surface area contributed by atoms with Crippen LogP contribution in [0.25, 0.3) is 5.76 Å². The lowest BCUT2D eigenvalue weighted by Gasteiger charge is -2.35. The molecule has 0 amide bonds. The number of anilines is 1. The van der Waals surface area contributed by atoms with Crippen molar-refractivity contribution >= 4 is 29.0 Å². The van der Waals surface area contributed by atoms with Gasteiger partial charge in [-0.05, 0) is 30.3 Å². The van der Waals surface area contributed by atoms with Crippen LogP contribution in [0.3, 0.4) is 0 Å². The highest BCUT2D eigenvalue weighted by Gasteiger charge is 2.27. The first-order valence-electron chi connectivity index (χ1n) is 7.99. The number of halogens is 1. The molecule has 2 aromatic carbocycles. The molecule has 122 valence electrons. The van der Waals surface area contributed by atoms with Gasteiger partial charge in [-0.3, -0.25) is 0 Å². The number of esters is 1. The van der Waals surface area contributed by atoms with Crippen molar-refractivity contribution in [1.29, 1.82) is 0 Å². The molecule has 2 aromatic rings. The number of fused-ring (bicyclic) bond motifs is 1. The Morgan fingerprint density at radius 2 is 1.58 bits per heavy atom. The first-order valence-corrected chi connectivity index (χ1v) is 8.36. The van der Waals surface area contributed by atoms with Crippen molar-refractivity contribution in [3.05, 3.63) is 70.9 Å². The van der Waals surface area contributed by atoms with Gasteiger partial charge in [0.2, 0.25) is 0 Å². The molecule has 0 unspecified atom stereocenters. The van der Waals surface area contributed by atoms with Gasteiger partial charge in [-0.25, -0.2) is 4.79 Å². The lowest BCUT2D eigenvalue weighted by Crippen LogP contribution is -2.44. The molecule has 0 saturated carbocycles. The van der Waals surface area contributed by atoms with E-state index in [0.717, 1.165) is 36.8 Å². The monoisotopic (exact) mass is 340 g/mol. The van der Waals surface area contributed by atoms with Crippen LogP contribution in [0.1, 0.15) is 15.9 Å². The first-order chi connectivity index (χ1) is 11.7. The molecule has 4 rings (SSSR count). The first kappa shape index (κ1) is 15.1. The summed E-state index contributed by atoms with van der Waals surface area (Å²) in [5.74, 6) is 0.382.